The summed E-state index contributed by atoms with van der Waals surface area (Å²) in [5.41, 5.74) is 2.35. The van der Waals surface area contributed by atoms with Crippen LogP contribution in [0.2, 0.25) is 0 Å². The Hall–Kier alpha value is -3.29. The number of amides is 1. The van der Waals surface area contributed by atoms with Crippen molar-refractivity contribution in [1.29, 1.82) is 0 Å². The van der Waals surface area contributed by atoms with Crippen molar-refractivity contribution >= 4 is 23.2 Å². The molecule has 1 atom stereocenters. The standard InChI is InChI=1S/C29H38FN3O4/c1-29(2,3)37-28(34)33-16-15-22(20-33)19-31-27-32-24-14-13-21(18-26(24)36-27)10-6-4-5-9-17-35-25-12-8-7-11-23(25)30/h7-8,11-14,18,22H,4-6,9-10,15-17,19-20H2,1-3H3,(H,31,32)/t22-/m1/s1. The number of rotatable bonds is 11. The molecule has 0 spiro atoms. The van der Waals surface area contributed by atoms with Crippen LogP contribution < -0.4 is 10.1 Å². The van der Waals surface area contributed by atoms with Crippen molar-refractivity contribution in [2.75, 3.05) is 31.6 Å². The number of anilines is 1. The highest BCUT2D eigenvalue weighted by atomic mass is 19.1. The Bertz CT molecular complexity index is 1170. The number of carbonyl (C=O) groups is 1. The van der Waals surface area contributed by atoms with E-state index >= 15 is 0 Å². The molecule has 1 saturated heterocycles. The third-order valence-corrected chi connectivity index (χ3v) is 6.39. The van der Waals surface area contributed by atoms with Gasteiger partial charge in [0, 0.05) is 19.6 Å². The summed E-state index contributed by atoms with van der Waals surface area (Å²) in [6.07, 6.45) is 5.74. The zero-order chi connectivity index (χ0) is 26.3. The van der Waals surface area contributed by atoms with Crippen molar-refractivity contribution in [3.05, 3.63) is 53.8 Å². The van der Waals surface area contributed by atoms with Crippen molar-refractivity contribution in [2.24, 2.45) is 5.92 Å². The quantitative estimate of drug-likeness (QED) is 0.285. The average molecular weight is 512 g/mol. The van der Waals surface area contributed by atoms with Gasteiger partial charge in [-0.3, -0.25) is 0 Å². The summed E-state index contributed by atoms with van der Waals surface area (Å²) in [7, 11) is 0. The van der Waals surface area contributed by atoms with Gasteiger partial charge in [-0.25, -0.2) is 9.18 Å². The molecule has 1 aliphatic rings. The van der Waals surface area contributed by atoms with Crippen LogP contribution in [0.4, 0.5) is 15.2 Å². The number of nitrogens with zero attached hydrogens (tertiary/aromatic N) is 2. The molecule has 1 N–H and O–H groups in total. The largest absolute Gasteiger partial charge is 0.491 e. The second-order valence-electron chi connectivity index (χ2n) is 10.7. The first kappa shape index (κ1) is 26.8. The Balaban J connectivity index is 1.15. The molecule has 2 heterocycles. The number of carbonyl (C=O) groups excluding carboxylic acids is 1. The van der Waals surface area contributed by atoms with Gasteiger partial charge in [-0.1, -0.05) is 31.0 Å². The molecule has 1 amide bonds. The molecule has 0 unspecified atom stereocenters. The number of para-hydroxylation sites is 1. The van der Waals surface area contributed by atoms with Gasteiger partial charge in [-0.2, -0.15) is 4.98 Å². The van der Waals surface area contributed by atoms with E-state index in [9.17, 15) is 9.18 Å². The van der Waals surface area contributed by atoms with Crippen LogP contribution in [-0.2, 0) is 11.2 Å². The molecule has 8 heteroatoms. The maximum atomic E-state index is 13.6. The van der Waals surface area contributed by atoms with Crippen molar-refractivity contribution < 1.29 is 23.1 Å². The summed E-state index contributed by atoms with van der Waals surface area (Å²) < 4.78 is 30.5. The third kappa shape index (κ3) is 8.10. The number of aryl methyl sites for hydroxylation is 1. The zero-order valence-corrected chi connectivity index (χ0v) is 22.1. The van der Waals surface area contributed by atoms with E-state index in [1.165, 1.54) is 11.6 Å². The van der Waals surface area contributed by atoms with Crippen LogP contribution in [0, 0.1) is 11.7 Å². The maximum absolute atomic E-state index is 13.6. The van der Waals surface area contributed by atoms with Gasteiger partial charge in [0.15, 0.2) is 17.1 Å². The summed E-state index contributed by atoms with van der Waals surface area (Å²) in [5, 5.41) is 3.30. The fourth-order valence-corrected chi connectivity index (χ4v) is 4.45. The van der Waals surface area contributed by atoms with E-state index in [-0.39, 0.29) is 11.9 Å². The number of halogens is 1. The lowest BCUT2D eigenvalue weighted by molar-refractivity contribution is 0.0289. The molecule has 0 saturated carbocycles. The predicted octanol–water partition coefficient (Wildman–Crippen LogP) is 6.82. The van der Waals surface area contributed by atoms with Crippen LogP contribution in [0.25, 0.3) is 11.1 Å². The fourth-order valence-electron chi connectivity index (χ4n) is 4.45. The Morgan fingerprint density at radius 2 is 1.97 bits per heavy atom. The number of aromatic nitrogens is 1. The number of benzene rings is 2. The molecular weight excluding hydrogens is 473 g/mol. The zero-order valence-electron chi connectivity index (χ0n) is 22.1. The van der Waals surface area contributed by atoms with Crippen molar-refractivity contribution in [3.63, 3.8) is 0 Å². The van der Waals surface area contributed by atoms with E-state index in [0.717, 1.165) is 49.6 Å². The van der Waals surface area contributed by atoms with E-state index < -0.39 is 5.60 Å². The van der Waals surface area contributed by atoms with Crippen molar-refractivity contribution in [3.8, 4) is 5.75 Å². The molecule has 0 aliphatic carbocycles. The van der Waals surface area contributed by atoms with Gasteiger partial charge in [-0.05, 0) is 82.2 Å². The number of likely N-dealkylation sites (tertiary alicyclic amines) is 1. The van der Waals surface area contributed by atoms with Crippen LogP contribution in [0.15, 0.2) is 46.9 Å². The lowest BCUT2D eigenvalue weighted by Crippen LogP contribution is -2.35. The number of nitrogens with one attached hydrogen (secondary N) is 1. The van der Waals surface area contributed by atoms with E-state index in [1.807, 2.05) is 26.8 Å². The summed E-state index contributed by atoms with van der Waals surface area (Å²) in [5.74, 6) is 0.338. The first-order valence-electron chi connectivity index (χ1n) is 13.3. The van der Waals surface area contributed by atoms with Crippen LogP contribution >= 0.6 is 0 Å². The molecule has 4 rings (SSSR count). The van der Waals surface area contributed by atoms with Gasteiger partial charge in [0.2, 0.25) is 0 Å². The lowest BCUT2D eigenvalue weighted by atomic mass is 10.1. The minimum Gasteiger partial charge on any atom is -0.491 e. The number of ether oxygens (including phenoxy) is 2. The number of hydrogen-bond acceptors (Lipinski definition) is 6. The highest BCUT2D eigenvalue weighted by Gasteiger charge is 2.29. The summed E-state index contributed by atoms with van der Waals surface area (Å²) >= 11 is 0. The Kier molecular flexibility index (Phi) is 8.90. The van der Waals surface area contributed by atoms with Gasteiger partial charge in [0.1, 0.15) is 11.1 Å². The molecule has 200 valence electrons. The highest BCUT2D eigenvalue weighted by molar-refractivity contribution is 5.75. The average Bonchev–Trinajstić information content (AvgIpc) is 3.49. The van der Waals surface area contributed by atoms with Crippen LogP contribution in [-0.4, -0.2) is 47.8 Å². The molecule has 2 aromatic carbocycles. The van der Waals surface area contributed by atoms with Gasteiger partial charge in [0.05, 0.1) is 6.61 Å². The monoisotopic (exact) mass is 511 g/mol. The molecule has 1 aromatic heterocycles. The van der Waals surface area contributed by atoms with Gasteiger partial charge < -0.3 is 24.1 Å². The third-order valence-electron chi connectivity index (χ3n) is 6.39. The number of unbranched alkanes of at least 4 members (excludes halogenated alkanes) is 3. The Morgan fingerprint density at radius 3 is 2.78 bits per heavy atom. The van der Waals surface area contributed by atoms with E-state index in [0.29, 0.717) is 43.9 Å². The molecule has 1 aliphatic heterocycles. The number of fused-ring (bicyclic) bond motifs is 1. The second kappa shape index (κ2) is 12.3. The predicted molar refractivity (Wildman–Crippen MR) is 142 cm³/mol. The molecular formula is C29H38FN3O4. The van der Waals surface area contributed by atoms with Crippen molar-refractivity contribution in [1.82, 2.24) is 9.88 Å². The Labute approximate surface area is 218 Å². The van der Waals surface area contributed by atoms with Crippen LogP contribution in [0.3, 0.4) is 0 Å². The van der Waals surface area contributed by atoms with Crippen LogP contribution in [0.5, 0.6) is 5.75 Å². The summed E-state index contributed by atoms with van der Waals surface area (Å²) in [4.78, 5) is 18.6. The SMILES string of the molecule is CC(C)(C)OC(=O)N1CC[C@H](CNc2nc3ccc(CCCCCCOc4ccccc4F)cc3o2)C1. The minimum absolute atomic E-state index is 0.250. The highest BCUT2D eigenvalue weighted by Crippen LogP contribution is 2.24. The smallest absolute Gasteiger partial charge is 0.410 e. The first-order chi connectivity index (χ1) is 17.8. The topological polar surface area (TPSA) is 76.8 Å². The molecule has 0 bridgehead atoms. The van der Waals surface area contributed by atoms with E-state index in [4.69, 9.17) is 13.9 Å². The number of hydrogen-bond donors (Lipinski definition) is 1. The second-order valence-corrected chi connectivity index (χ2v) is 10.7. The summed E-state index contributed by atoms with van der Waals surface area (Å²) in [6.45, 7) is 8.24. The van der Waals surface area contributed by atoms with Gasteiger partial charge >= 0.3 is 6.09 Å². The molecule has 0 radical (unpaired) electrons. The van der Waals surface area contributed by atoms with Gasteiger partial charge in [-0.15, -0.1) is 0 Å². The summed E-state index contributed by atoms with van der Waals surface area (Å²) in [6, 6.07) is 13.2. The molecule has 3 aromatic rings. The Morgan fingerprint density at radius 1 is 1.16 bits per heavy atom. The molecule has 37 heavy (non-hydrogen) atoms. The maximum Gasteiger partial charge on any atom is 0.410 e. The van der Waals surface area contributed by atoms with E-state index in [2.05, 4.69) is 22.4 Å². The number of oxazole rings is 1. The molecule has 7 nitrogen and oxygen atoms in total. The lowest BCUT2D eigenvalue weighted by Gasteiger charge is -2.24. The normalized spacial score (nSPS) is 15.8. The molecule has 1 fully saturated rings. The first-order valence-corrected chi connectivity index (χ1v) is 13.3. The van der Waals surface area contributed by atoms with Crippen LogP contribution in [0.1, 0.15) is 58.4 Å². The van der Waals surface area contributed by atoms with E-state index in [1.54, 1.807) is 23.1 Å². The van der Waals surface area contributed by atoms with Crippen molar-refractivity contribution in [2.45, 2.75) is 64.9 Å². The minimum atomic E-state index is -0.482. The fraction of sp³-hybridized carbons (Fsp3) is 0.517. The van der Waals surface area contributed by atoms with Gasteiger partial charge in [0.25, 0.3) is 6.01 Å².